The molecule has 1 aliphatic rings. The van der Waals surface area contributed by atoms with E-state index >= 15 is 0 Å². The first kappa shape index (κ1) is 17.0. The maximum Gasteiger partial charge on any atom is 0.303 e. The van der Waals surface area contributed by atoms with Crippen LogP contribution in [0.5, 0.6) is 0 Å². The number of aliphatic carboxylic acids is 1. The summed E-state index contributed by atoms with van der Waals surface area (Å²) in [5, 5.41) is 11.8. The van der Waals surface area contributed by atoms with Crippen molar-refractivity contribution in [2.75, 3.05) is 6.54 Å². The topological polar surface area (TPSA) is 66.4 Å². The lowest BCUT2D eigenvalue weighted by molar-refractivity contribution is -0.137. The summed E-state index contributed by atoms with van der Waals surface area (Å²) in [4.78, 5) is 22.8. The van der Waals surface area contributed by atoms with Crippen molar-refractivity contribution >= 4 is 11.9 Å². The zero-order valence-corrected chi connectivity index (χ0v) is 12.9. The van der Waals surface area contributed by atoms with Crippen molar-refractivity contribution < 1.29 is 14.7 Å². The Morgan fingerprint density at radius 1 is 1.20 bits per heavy atom. The first-order valence-electron chi connectivity index (χ1n) is 7.98. The van der Waals surface area contributed by atoms with Gasteiger partial charge in [-0.25, -0.2) is 0 Å². The number of hydrogen-bond donors (Lipinski definition) is 2. The Bertz CT molecular complexity index is 322. The molecule has 0 aliphatic heterocycles. The van der Waals surface area contributed by atoms with Crippen LogP contribution in [-0.4, -0.2) is 23.5 Å². The summed E-state index contributed by atoms with van der Waals surface area (Å²) in [7, 11) is 0. The molecule has 116 valence electrons. The van der Waals surface area contributed by atoms with Crippen LogP contribution in [0, 0.1) is 11.3 Å². The smallest absolute Gasteiger partial charge is 0.303 e. The van der Waals surface area contributed by atoms with Crippen LogP contribution in [0.2, 0.25) is 0 Å². The third kappa shape index (κ3) is 5.51. The molecule has 1 fully saturated rings. The van der Waals surface area contributed by atoms with E-state index in [1.807, 2.05) is 0 Å². The first-order chi connectivity index (χ1) is 9.48. The first-order valence-corrected chi connectivity index (χ1v) is 7.98. The van der Waals surface area contributed by atoms with Gasteiger partial charge in [-0.1, -0.05) is 39.5 Å². The molecule has 0 aromatic rings. The predicted molar refractivity (Wildman–Crippen MR) is 79.5 cm³/mol. The van der Waals surface area contributed by atoms with Gasteiger partial charge >= 0.3 is 5.97 Å². The average Bonchev–Trinajstić information content (AvgIpc) is 2.43. The number of nitrogens with one attached hydrogen (secondary N) is 1. The number of amides is 1. The molecule has 4 nitrogen and oxygen atoms in total. The van der Waals surface area contributed by atoms with Crippen molar-refractivity contribution in [1.82, 2.24) is 5.32 Å². The summed E-state index contributed by atoms with van der Waals surface area (Å²) in [5.41, 5.74) is -0.180. The lowest BCUT2D eigenvalue weighted by atomic mass is 9.75. The summed E-state index contributed by atoms with van der Waals surface area (Å²) in [6.45, 7) is 4.83. The van der Waals surface area contributed by atoms with Crippen molar-refractivity contribution in [3.63, 3.8) is 0 Å². The Hall–Kier alpha value is -1.06. The van der Waals surface area contributed by atoms with E-state index in [4.69, 9.17) is 5.11 Å². The van der Waals surface area contributed by atoms with Crippen molar-refractivity contribution in [3.8, 4) is 0 Å². The monoisotopic (exact) mass is 283 g/mol. The highest BCUT2D eigenvalue weighted by atomic mass is 16.4. The van der Waals surface area contributed by atoms with Gasteiger partial charge in [0.2, 0.25) is 5.91 Å². The number of carbonyl (C=O) groups excluding carboxylic acids is 1. The molecule has 1 atom stereocenters. The largest absolute Gasteiger partial charge is 0.481 e. The molecule has 1 unspecified atom stereocenters. The van der Waals surface area contributed by atoms with Crippen LogP contribution >= 0.6 is 0 Å². The summed E-state index contributed by atoms with van der Waals surface area (Å²) in [6.07, 6.45) is 8.33. The van der Waals surface area contributed by atoms with Gasteiger partial charge in [0.05, 0.1) is 0 Å². The predicted octanol–water partition coefficient (Wildman–Crippen LogP) is 3.35. The van der Waals surface area contributed by atoms with Gasteiger partial charge in [-0.05, 0) is 31.6 Å². The Morgan fingerprint density at radius 3 is 2.40 bits per heavy atom. The third-order valence-electron chi connectivity index (χ3n) is 4.69. The molecule has 4 heteroatoms. The van der Waals surface area contributed by atoms with E-state index in [0.29, 0.717) is 18.9 Å². The number of rotatable bonds is 8. The van der Waals surface area contributed by atoms with E-state index in [1.165, 1.54) is 6.42 Å². The van der Waals surface area contributed by atoms with Gasteiger partial charge in [0.1, 0.15) is 0 Å². The standard InChI is InChI=1S/C16H29NO3/c1-3-13(7-8-14(18)19)9-12-17-15(20)16(2)10-5-4-6-11-16/h13H,3-12H2,1-2H3,(H,17,20)(H,18,19). The summed E-state index contributed by atoms with van der Waals surface area (Å²) < 4.78 is 0. The fourth-order valence-electron chi connectivity index (χ4n) is 3.04. The van der Waals surface area contributed by atoms with E-state index in [2.05, 4.69) is 19.2 Å². The summed E-state index contributed by atoms with van der Waals surface area (Å²) in [6, 6.07) is 0. The fourth-order valence-corrected chi connectivity index (χ4v) is 3.04. The number of carbonyl (C=O) groups is 2. The van der Waals surface area contributed by atoms with Gasteiger partial charge < -0.3 is 10.4 Å². The second-order valence-electron chi connectivity index (χ2n) is 6.37. The Balaban J connectivity index is 2.27. The molecule has 0 bridgehead atoms. The molecule has 0 aromatic heterocycles. The van der Waals surface area contributed by atoms with Crippen LogP contribution in [0.1, 0.15) is 71.6 Å². The fraction of sp³-hybridized carbons (Fsp3) is 0.875. The molecule has 0 heterocycles. The van der Waals surface area contributed by atoms with Gasteiger partial charge in [-0.2, -0.15) is 0 Å². The van der Waals surface area contributed by atoms with E-state index < -0.39 is 5.97 Å². The van der Waals surface area contributed by atoms with Crippen LogP contribution in [-0.2, 0) is 9.59 Å². The van der Waals surface area contributed by atoms with Crippen LogP contribution in [0.25, 0.3) is 0 Å². The maximum absolute atomic E-state index is 12.3. The minimum Gasteiger partial charge on any atom is -0.481 e. The molecule has 20 heavy (non-hydrogen) atoms. The molecule has 1 saturated carbocycles. The van der Waals surface area contributed by atoms with E-state index in [1.54, 1.807) is 0 Å². The summed E-state index contributed by atoms with van der Waals surface area (Å²) in [5.74, 6) is -0.155. The number of carboxylic acids is 1. The van der Waals surface area contributed by atoms with Crippen LogP contribution in [0.3, 0.4) is 0 Å². The van der Waals surface area contributed by atoms with Crippen molar-refractivity contribution in [1.29, 1.82) is 0 Å². The highest BCUT2D eigenvalue weighted by molar-refractivity contribution is 5.82. The lowest BCUT2D eigenvalue weighted by Crippen LogP contribution is -2.41. The van der Waals surface area contributed by atoms with Crippen molar-refractivity contribution in [3.05, 3.63) is 0 Å². The van der Waals surface area contributed by atoms with Gasteiger partial charge in [-0.15, -0.1) is 0 Å². The Morgan fingerprint density at radius 2 is 1.85 bits per heavy atom. The molecule has 0 aromatic carbocycles. The zero-order valence-electron chi connectivity index (χ0n) is 12.9. The summed E-state index contributed by atoms with van der Waals surface area (Å²) >= 11 is 0. The molecule has 0 radical (unpaired) electrons. The lowest BCUT2D eigenvalue weighted by Gasteiger charge is -2.32. The van der Waals surface area contributed by atoms with Gasteiger partial charge in [0.25, 0.3) is 0 Å². The molecule has 2 N–H and O–H groups in total. The van der Waals surface area contributed by atoms with Crippen molar-refractivity contribution in [2.45, 2.75) is 71.6 Å². The van der Waals surface area contributed by atoms with Gasteiger partial charge in [0.15, 0.2) is 0 Å². The highest BCUT2D eigenvalue weighted by Gasteiger charge is 2.34. The molecule has 0 spiro atoms. The second kappa shape index (κ2) is 8.28. The average molecular weight is 283 g/mol. The quantitative estimate of drug-likeness (QED) is 0.718. The van der Waals surface area contributed by atoms with Crippen LogP contribution in [0.15, 0.2) is 0 Å². The molecular weight excluding hydrogens is 254 g/mol. The van der Waals surface area contributed by atoms with Crippen LogP contribution < -0.4 is 5.32 Å². The zero-order chi connectivity index (χ0) is 15.0. The van der Waals surface area contributed by atoms with E-state index in [0.717, 1.165) is 38.5 Å². The number of hydrogen-bond acceptors (Lipinski definition) is 2. The Labute approximate surface area is 122 Å². The van der Waals surface area contributed by atoms with E-state index in [9.17, 15) is 9.59 Å². The molecule has 1 aliphatic carbocycles. The molecule has 1 rings (SSSR count). The van der Waals surface area contributed by atoms with Crippen molar-refractivity contribution in [2.24, 2.45) is 11.3 Å². The minimum absolute atomic E-state index is 0.180. The number of carboxylic acid groups (broad SMARTS) is 1. The maximum atomic E-state index is 12.3. The highest BCUT2D eigenvalue weighted by Crippen LogP contribution is 2.35. The Kier molecular flexibility index (Phi) is 7.03. The minimum atomic E-state index is -0.734. The van der Waals surface area contributed by atoms with Gasteiger partial charge in [-0.3, -0.25) is 9.59 Å². The molecule has 0 saturated heterocycles. The molecule has 1 amide bonds. The molecular formula is C16H29NO3. The van der Waals surface area contributed by atoms with Gasteiger partial charge in [0, 0.05) is 18.4 Å². The SMILES string of the molecule is CCC(CCNC(=O)C1(C)CCCCC1)CCC(=O)O. The van der Waals surface area contributed by atoms with Crippen LogP contribution in [0.4, 0.5) is 0 Å². The van der Waals surface area contributed by atoms with E-state index in [-0.39, 0.29) is 17.7 Å². The second-order valence-corrected chi connectivity index (χ2v) is 6.37. The third-order valence-corrected chi connectivity index (χ3v) is 4.69. The normalized spacial score (nSPS) is 19.3.